The molecular formula is C28H31O5. The minimum atomic E-state index is -0.565. The fourth-order valence-electron chi connectivity index (χ4n) is 4.24. The minimum Gasteiger partial charge on any atom is -0.457 e. The monoisotopic (exact) mass is 447 g/mol. The molecule has 0 heterocycles. The Bertz CT molecular complexity index is 988. The molecule has 0 saturated heterocycles. The van der Waals surface area contributed by atoms with Gasteiger partial charge in [0.25, 0.3) is 0 Å². The molecule has 0 bridgehead atoms. The van der Waals surface area contributed by atoms with Crippen LogP contribution in [0.25, 0.3) is 0 Å². The second kappa shape index (κ2) is 11.1. The van der Waals surface area contributed by atoms with Gasteiger partial charge in [-0.3, -0.25) is 9.59 Å². The van der Waals surface area contributed by atoms with Gasteiger partial charge in [-0.1, -0.05) is 51.6 Å². The number of esters is 1. The van der Waals surface area contributed by atoms with E-state index in [4.69, 9.17) is 9.47 Å². The highest BCUT2D eigenvalue weighted by atomic mass is 16.7. The van der Waals surface area contributed by atoms with E-state index in [-0.39, 0.29) is 24.4 Å². The number of benzene rings is 2. The van der Waals surface area contributed by atoms with E-state index in [1.165, 1.54) is 0 Å². The summed E-state index contributed by atoms with van der Waals surface area (Å²) in [5, 5.41) is 0. The Morgan fingerprint density at radius 1 is 1.03 bits per heavy atom. The topological polar surface area (TPSA) is 69.7 Å². The molecule has 2 aromatic rings. The highest BCUT2D eigenvalue weighted by Crippen LogP contribution is 2.37. The fourth-order valence-corrected chi connectivity index (χ4v) is 4.24. The average Bonchev–Trinajstić information content (AvgIpc) is 2.81. The summed E-state index contributed by atoms with van der Waals surface area (Å²) in [7, 11) is 0. The van der Waals surface area contributed by atoms with Crippen molar-refractivity contribution in [2.24, 2.45) is 23.7 Å². The Hall–Kier alpha value is -3.21. The van der Waals surface area contributed by atoms with E-state index >= 15 is 0 Å². The number of hydrogen-bond donors (Lipinski definition) is 0. The Labute approximate surface area is 195 Å². The van der Waals surface area contributed by atoms with Crippen LogP contribution in [-0.2, 0) is 14.3 Å². The van der Waals surface area contributed by atoms with Crippen LogP contribution in [0.3, 0.4) is 0 Å². The van der Waals surface area contributed by atoms with Gasteiger partial charge < -0.3 is 9.47 Å². The van der Waals surface area contributed by atoms with Gasteiger partial charge in [0, 0.05) is 35.5 Å². The molecule has 3 atom stereocenters. The Balaban J connectivity index is 1.61. The van der Waals surface area contributed by atoms with E-state index < -0.39 is 5.97 Å². The summed E-state index contributed by atoms with van der Waals surface area (Å²) in [6.45, 7) is 9.46. The van der Waals surface area contributed by atoms with E-state index in [1.54, 1.807) is 36.4 Å². The summed E-state index contributed by atoms with van der Waals surface area (Å²) in [5.74, 6) is 0.896. The quantitative estimate of drug-likeness (QED) is 0.222. The highest BCUT2D eigenvalue weighted by molar-refractivity contribution is 6.09. The fraction of sp³-hybridized carbons (Fsp3) is 0.357. The second-order valence-electron chi connectivity index (χ2n) is 8.91. The smallest absolute Gasteiger partial charge is 0.333 e. The lowest BCUT2D eigenvalue weighted by molar-refractivity contribution is -0.144. The first-order valence-electron chi connectivity index (χ1n) is 11.4. The summed E-state index contributed by atoms with van der Waals surface area (Å²) in [6.07, 6.45) is 5.15. The second-order valence-corrected chi connectivity index (χ2v) is 8.91. The summed E-state index contributed by atoms with van der Waals surface area (Å²) in [4.78, 5) is 36.8. The number of ether oxygens (including phenoxy) is 2. The predicted octanol–water partition coefficient (Wildman–Crippen LogP) is 5.42. The molecule has 0 amide bonds. The van der Waals surface area contributed by atoms with E-state index in [2.05, 4.69) is 33.8 Å². The molecule has 5 heteroatoms. The van der Waals surface area contributed by atoms with Gasteiger partial charge in [-0.05, 0) is 54.5 Å². The van der Waals surface area contributed by atoms with Crippen LogP contribution in [0.2, 0.25) is 0 Å². The van der Waals surface area contributed by atoms with Crippen molar-refractivity contribution in [2.75, 3.05) is 6.79 Å². The lowest BCUT2D eigenvalue weighted by Crippen LogP contribution is -2.36. The van der Waals surface area contributed by atoms with E-state index in [1.807, 2.05) is 12.1 Å². The number of rotatable bonds is 9. The highest BCUT2D eigenvalue weighted by Gasteiger charge is 2.37. The third-order valence-corrected chi connectivity index (χ3v) is 6.30. The third-order valence-electron chi connectivity index (χ3n) is 6.30. The number of carbonyl (C=O) groups excluding carboxylic acids is 3. The van der Waals surface area contributed by atoms with Crippen molar-refractivity contribution >= 4 is 17.5 Å². The Morgan fingerprint density at radius 2 is 1.64 bits per heavy atom. The molecule has 1 fully saturated rings. The van der Waals surface area contributed by atoms with Crippen LogP contribution in [-0.4, -0.2) is 24.3 Å². The first-order valence-corrected chi connectivity index (χ1v) is 11.4. The van der Waals surface area contributed by atoms with Gasteiger partial charge in [0.05, 0.1) is 0 Å². The van der Waals surface area contributed by atoms with Crippen LogP contribution in [0.15, 0.2) is 61.2 Å². The SMILES string of the molecule is C=CC(=O)OCOc1ccc(C(=O)c2ccc([CH]C3C(=O)[C@H](C(C)C)CC[C@H]3C)cc2)cc1. The zero-order valence-corrected chi connectivity index (χ0v) is 19.5. The largest absolute Gasteiger partial charge is 0.457 e. The van der Waals surface area contributed by atoms with E-state index in [0.29, 0.717) is 34.5 Å². The van der Waals surface area contributed by atoms with Gasteiger partial charge >= 0.3 is 5.97 Å². The molecular weight excluding hydrogens is 416 g/mol. The third kappa shape index (κ3) is 6.19. The molecule has 1 unspecified atom stereocenters. The van der Waals surface area contributed by atoms with Crippen molar-refractivity contribution in [1.29, 1.82) is 0 Å². The van der Waals surface area contributed by atoms with Crippen LogP contribution in [0.5, 0.6) is 5.75 Å². The maximum atomic E-state index is 13.0. The molecule has 1 radical (unpaired) electrons. The first-order chi connectivity index (χ1) is 15.8. The van der Waals surface area contributed by atoms with Gasteiger partial charge in [0.2, 0.25) is 6.79 Å². The molecule has 33 heavy (non-hydrogen) atoms. The molecule has 1 saturated carbocycles. The van der Waals surface area contributed by atoms with Crippen LogP contribution in [0, 0.1) is 30.1 Å². The van der Waals surface area contributed by atoms with Crippen LogP contribution in [0.1, 0.15) is 55.1 Å². The number of Topliss-reactive ketones (excluding diaryl/α,β-unsaturated/α-hetero) is 1. The normalized spacial score (nSPS) is 20.4. The molecule has 173 valence electrons. The van der Waals surface area contributed by atoms with Gasteiger partial charge in [-0.2, -0.15) is 0 Å². The first kappa shape index (κ1) is 24.4. The average molecular weight is 448 g/mol. The van der Waals surface area contributed by atoms with Crippen LogP contribution in [0.4, 0.5) is 0 Å². The molecule has 0 aliphatic heterocycles. The molecule has 0 N–H and O–H groups in total. The molecule has 3 rings (SSSR count). The summed E-state index contributed by atoms with van der Waals surface area (Å²) in [5.41, 5.74) is 2.06. The van der Waals surface area contributed by atoms with Crippen molar-refractivity contribution in [1.82, 2.24) is 0 Å². The molecule has 0 spiro atoms. The van der Waals surface area contributed by atoms with Gasteiger partial charge in [0.1, 0.15) is 11.5 Å². The van der Waals surface area contributed by atoms with Crippen LogP contribution >= 0.6 is 0 Å². The molecule has 0 aromatic heterocycles. The summed E-state index contributed by atoms with van der Waals surface area (Å²) >= 11 is 0. The summed E-state index contributed by atoms with van der Waals surface area (Å²) in [6, 6.07) is 14.0. The van der Waals surface area contributed by atoms with Gasteiger partial charge in [-0.15, -0.1) is 0 Å². The number of carbonyl (C=O) groups is 3. The molecule has 5 nitrogen and oxygen atoms in total. The number of ketones is 2. The zero-order valence-electron chi connectivity index (χ0n) is 19.5. The minimum absolute atomic E-state index is 0.0778. The standard InChI is InChI=1S/C28H31O5/c1-5-26(29)33-17-32-23-13-11-22(12-14-23)27(30)21-9-7-20(8-10-21)16-25-19(4)6-15-24(18(2)3)28(25)31/h5,7-14,16,18-19,24-25H,1,6,15,17H2,2-4H3/t19-,24+,25?/m1/s1. The van der Waals surface area contributed by atoms with Crippen molar-refractivity contribution in [3.8, 4) is 5.75 Å². The summed E-state index contributed by atoms with van der Waals surface area (Å²) < 4.78 is 10.1. The van der Waals surface area contributed by atoms with Crippen molar-refractivity contribution < 1.29 is 23.9 Å². The van der Waals surface area contributed by atoms with Crippen molar-refractivity contribution in [3.05, 3.63) is 84.3 Å². The Kier molecular flexibility index (Phi) is 8.21. The predicted molar refractivity (Wildman–Crippen MR) is 127 cm³/mol. The van der Waals surface area contributed by atoms with E-state index in [9.17, 15) is 14.4 Å². The van der Waals surface area contributed by atoms with Crippen LogP contribution < -0.4 is 4.74 Å². The Morgan fingerprint density at radius 3 is 2.21 bits per heavy atom. The van der Waals surface area contributed by atoms with Crippen molar-refractivity contribution in [2.45, 2.75) is 33.6 Å². The maximum Gasteiger partial charge on any atom is 0.333 e. The molecule has 2 aromatic carbocycles. The van der Waals surface area contributed by atoms with Gasteiger partial charge in [-0.25, -0.2) is 4.79 Å². The number of hydrogen-bond acceptors (Lipinski definition) is 5. The van der Waals surface area contributed by atoms with E-state index in [0.717, 1.165) is 24.5 Å². The molecule has 1 aliphatic carbocycles. The van der Waals surface area contributed by atoms with Crippen molar-refractivity contribution in [3.63, 3.8) is 0 Å². The van der Waals surface area contributed by atoms with Gasteiger partial charge in [0.15, 0.2) is 5.78 Å². The zero-order chi connectivity index (χ0) is 24.0. The molecule has 1 aliphatic rings. The lowest BCUT2D eigenvalue weighted by Gasteiger charge is -2.34. The maximum absolute atomic E-state index is 13.0. The lowest BCUT2D eigenvalue weighted by atomic mass is 9.68.